The van der Waals surface area contributed by atoms with Gasteiger partial charge in [-0.2, -0.15) is 0 Å². The predicted octanol–water partition coefficient (Wildman–Crippen LogP) is 4.62. The van der Waals surface area contributed by atoms with Gasteiger partial charge in [-0.3, -0.25) is 10.1 Å². The van der Waals surface area contributed by atoms with Gasteiger partial charge in [0, 0.05) is 17.0 Å². The zero-order valence-corrected chi connectivity index (χ0v) is 16.8. The van der Waals surface area contributed by atoms with Crippen molar-refractivity contribution in [3.8, 4) is 28.5 Å². The standard InChI is InChI=1S/C21H22N2O4S/c1-4-26-16-10-8-15(9-11-16)19-13-28-21(22-19)23-20(24)14(2)27-18-7-5-6-17(12-18)25-3/h5-14H,4H2,1-3H3,(H,22,23,24). The molecule has 3 rings (SSSR count). The first-order chi connectivity index (χ1) is 13.6. The van der Waals surface area contributed by atoms with Crippen LogP contribution in [-0.4, -0.2) is 30.7 Å². The van der Waals surface area contributed by atoms with Crippen LogP contribution in [0.4, 0.5) is 5.13 Å². The number of carbonyl (C=O) groups is 1. The van der Waals surface area contributed by atoms with Gasteiger partial charge in [0.15, 0.2) is 11.2 Å². The Morgan fingerprint density at radius 1 is 1.14 bits per heavy atom. The van der Waals surface area contributed by atoms with E-state index >= 15 is 0 Å². The van der Waals surface area contributed by atoms with Gasteiger partial charge in [-0.15, -0.1) is 11.3 Å². The second-order valence-electron chi connectivity index (χ2n) is 5.92. The highest BCUT2D eigenvalue weighted by Gasteiger charge is 2.17. The van der Waals surface area contributed by atoms with Crippen molar-refractivity contribution in [2.45, 2.75) is 20.0 Å². The molecule has 1 amide bonds. The van der Waals surface area contributed by atoms with Crippen LogP contribution in [0.2, 0.25) is 0 Å². The van der Waals surface area contributed by atoms with E-state index in [1.807, 2.05) is 48.7 Å². The molecule has 3 aromatic rings. The van der Waals surface area contributed by atoms with Gasteiger partial charge in [-0.1, -0.05) is 6.07 Å². The van der Waals surface area contributed by atoms with Crippen LogP contribution < -0.4 is 19.5 Å². The lowest BCUT2D eigenvalue weighted by Gasteiger charge is -2.14. The van der Waals surface area contributed by atoms with Crippen molar-refractivity contribution in [2.75, 3.05) is 19.0 Å². The van der Waals surface area contributed by atoms with E-state index in [4.69, 9.17) is 14.2 Å². The Morgan fingerprint density at radius 2 is 1.89 bits per heavy atom. The number of amides is 1. The van der Waals surface area contributed by atoms with E-state index in [0.29, 0.717) is 23.2 Å². The first-order valence-electron chi connectivity index (χ1n) is 8.89. The molecule has 7 heteroatoms. The van der Waals surface area contributed by atoms with Gasteiger partial charge >= 0.3 is 0 Å². The van der Waals surface area contributed by atoms with Crippen LogP contribution in [0.3, 0.4) is 0 Å². The molecule has 1 unspecified atom stereocenters. The van der Waals surface area contributed by atoms with Crippen molar-refractivity contribution in [3.63, 3.8) is 0 Å². The summed E-state index contributed by atoms with van der Waals surface area (Å²) in [5, 5.41) is 5.22. The molecule has 0 saturated carbocycles. The summed E-state index contributed by atoms with van der Waals surface area (Å²) in [4.78, 5) is 16.9. The molecule has 0 aliphatic rings. The highest BCUT2D eigenvalue weighted by molar-refractivity contribution is 7.14. The Kier molecular flexibility index (Phi) is 6.49. The van der Waals surface area contributed by atoms with Gasteiger partial charge in [0.05, 0.1) is 19.4 Å². The number of nitrogens with zero attached hydrogens (tertiary/aromatic N) is 1. The Balaban J connectivity index is 1.61. The fraction of sp³-hybridized carbons (Fsp3) is 0.238. The third-order valence-corrected chi connectivity index (χ3v) is 4.68. The minimum Gasteiger partial charge on any atom is -0.497 e. The first-order valence-corrected chi connectivity index (χ1v) is 9.77. The Morgan fingerprint density at radius 3 is 2.61 bits per heavy atom. The van der Waals surface area contributed by atoms with E-state index in [1.54, 1.807) is 26.2 Å². The highest BCUT2D eigenvalue weighted by atomic mass is 32.1. The number of hydrogen-bond acceptors (Lipinski definition) is 6. The number of ether oxygens (including phenoxy) is 3. The SMILES string of the molecule is CCOc1ccc(-c2csc(NC(=O)C(C)Oc3cccc(OC)c3)n2)cc1. The second-order valence-corrected chi connectivity index (χ2v) is 6.78. The molecule has 2 aromatic carbocycles. The van der Waals surface area contributed by atoms with Crippen LogP contribution in [0, 0.1) is 0 Å². The summed E-state index contributed by atoms with van der Waals surface area (Å²) in [6.45, 7) is 4.26. The van der Waals surface area contributed by atoms with Gasteiger partial charge in [0.1, 0.15) is 17.2 Å². The van der Waals surface area contributed by atoms with Crippen LogP contribution in [0.1, 0.15) is 13.8 Å². The topological polar surface area (TPSA) is 69.7 Å². The molecular formula is C21H22N2O4S. The summed E-state index contributed by atoms with van der Waals surface area (Å²) in [5.74, 6) is 1.79. The molecule has 146 valence electrons. The number of nitrogens with one attached hydrogen (secondary N) is 1. The molecule has 0 spiro atoms. The number of carbonyl (C=O) groups excluding carboxylic acids is 1. The maximum Gasteiger partial charge on any atom is 0.266 e. The highest BCUT2D eigenvalue weighted by Crippen LogP contribution is 2.27. The van der Waals surface area contributed by atoms with Crippen LogP contribution in [0.15, 0.2) is 53.9 Å². The van der Waals surface area contributed by atoms with E-state index in [2.05, 4.69) is 10.3 Å². The average molecular weight is 398 g/mol. The van der Waals surface area contributed by atoms with E-state index in [9.17, 15) is 4.79 Å². The Hall–Kier alpha value is -3.06. The molecule has 0 fully saturated rings. The number of anilines is 1. The number of aromatic nitrogens is 1. The lowest BCUT2D eigenvalue weighted by atomic mass is 10.2. The normalized spacial score (nSPS) is 11.5. The maximum atomic E-state index is 12.4. The molecule has 1 heterocycles. The molecule has 28 heavy (non-hydrogen) atoms. The van der Waals surface area contributed by atoms with Crippen molar-refractivity contribution in [1.29, 1.82) is 0 Å². The molecule has 1 atom stereocenters. The summed E-state index contributed by atoms with van der Waals surface area (Å²) in [7, 11) is 1.58. The van der Waals surface area contributed by atoms with E-state index in [0.717, 1.165) is 17.0 Å². The summed E-state index contributed by atoms with van der Waals surface area (Å²) >= 11 is 1.37. The monoisotopic (exact) mass is 398 g/mol. The van der Waals surface area contributed by atoms with Crippen molar-refractivity contribution in [3.05, 3.63) is 53.9 Å². The summed E-state index contributed by atoms with van der Waals surface area (Å²) in [5.41, 5.74) is 1.76. The summed E-state index contributed by atoms with van der Waals surface area (Å²) in [6, 6.07) is 14.8. The van der Waals surface area contributed by atoms with E-state index in [-0.39, 0.29) is 5.91 Å². The Bertz CT molecular complexity index is 924. The third-order valence-electron chi connectivity index (χ3n) is 3.92. The van der Waals surface area contributed by atoms with Crippen LogP contribution in [0.5, 0.6) is 17.2 Å². The van der Waals surface area contributed by atoms with Crippen LogP contribution >= 0.6 is 11.3 Å². The summed E-state index contributed by atoms with van der Waals surface area (Å²) in [6.07, 6.45) is -0.676. The van der Waals surface area contributed by atoms with Crippen LogP contribution in [-0.2, 0) is 4.79 Å². The molecule has 0 radical (unpaired) electrons. The predicted molar refractivity (Wildman–Crippen MR) is 110 cm³/mol. The van der Waals surface area contributed by atoms with Crippen molar-refractivity contribution >= 4 is 22.4 Å². The van der Waals surface area contributed by atoms with Gasteiger partial charge in [0.2, 0.25) is 0 Å². The lowest BCUT2D eigenvalue weighted by Crippen LogP contribution is -2.30. The molecule has 0 aliphatic carbocycles. The van der Waals surface area contributed by atoms with Crippen molar-refractivity contribution < 1.29 is 19.0 Å². The Labute approximate surface area is 168 Å². The molecule has 6 nitrogen and oxygen atoms in total. The fourth-order valence-electron chi connectivity index (χ4n) is 2.49. The molecule has 0 saturated heterocycles. The second kappa shape index (κ2) is 9.23. The molecule has 1 aromatic heterocycles. The van der Waals surface area contributed by atoms with Gasteiger partial charge in [0.25, 0.3) is 5.91 Å². The lowest BCUT2D eigenvalue weighted by molar-refractivity contribution is -0.122. The number of benzene rings is 2. The van der Waals surface area contributed by atoms with E-state index < -0.39 is 6.10 Å². The van der Waals surface area contributed by atoms with E-state index in [1.165, 1.54) is 11.3 Å². The minimum atomic E-state index is -0.676. The summed E-state index contributed by atoms with van der Waals surface area (Å²) < 4.78 is 16.3. The molecular weight excluding hydrogens is 376 g/mol. The average Bonchev–Trinajstić information content (AvgIpc) is 3.17. The quantitative estimate of drug-likeness (QED) is 0.599. The third kappa shape index (κ3) is 5.01. The number of methoxy groups -OCH3 is 1. The fourth-order valence-corrected chi connectivity index (χ4v) is 3.21. The zero-order chi connectivity index (χ0) is 19.9. The smallest absolute Gasteiger partial charge is 0.266 e. The van der Waals surface area contributed by atoms with Crippen LogP contribution in [0.25, 0.3) is 11.3 Å². The maximum absolute atomic E-state index is 12.4. The number of thiazole rings is 1. The zero-order valence-electron chi connectivity index (χ0n) is 16.0. The van der Waals surface area contributed by atoms with Crippen molar-refractivity contribution in [2.24, 2.45) is 0 Å². The molecule has 0 aliphatic heterocycles. The minimum absolute atomic E-state index is 0.268. The van der Waals surface area contributed by atoms with Crippen molar-refractivity contribution in [1.82, 2.24) is 4.98 Å². The first kappa shape index (κ1) is 19.7. The number of rotatable bonds is 8. The van der Waals surface area contributed by atoms with Gasteiger partial charge in [-0.05, 0) is 50.2 Å². The largest absolute Gasteiger partial charge is 0.497 e. The van der Waals surface area contributed by atoms with Gasteiger partial charge in [-0.25, -0.2) is 4.98 Å². The van der Waals surface area contributed by atoms with Gasteiger partial charge < -0.3 is 14.2 Å². The molecule has 0 bridgehead atoms. The molecule has 1 N–H and O–H groups in total. The number of hydrogen-bond donors (Lipinski definition) is 1.